The largest absolute Gasteiger partial charge is 0.152 e. The third-order valence-electron chi connectivity index (χ3n) is 2.58. The molecule has 1 atom stereocenters. The van der Waals surface area contributed by atoms with Gasteiger partial charge < -0.3 is 0 Å². The van der Waals surface area contributed by atoms with Gasteiger partial charge in [0.25, 0.3) is 0 Å². The molecule has 1 unspecified atom stereocenters. The smallest absolute Gasteiger partial charge is 0.0423 e. The van der Waals surface area contributed by atoms with E-state index < -0.39 is 0 Å². The monoisotopic (exact) mass is 173 g/mol. The maximum Gasteiger partial charge on any atom is 0.0423 e. The van der Waals surface area contributed by atoms with Gasteiger partial charge in [-0.05, 0) is 16.7 Å². The highest BCUT2D eigenvalue weighted by Crippen LogP contribution is 2.46. The minimum Gasteiger partial charge on any atom is -0.152 e. The first kappa shape index (κ1) is 6.79. The van der Waals surface area contributed by atoms with Gasteiger partial charge in [-0.15, -0.1) is 0 Å². The van der Waals surface area contributed by atoms with E-state index in [2.05, 4.69) is 36.1 Å². The molecule has 1 aliphatic carbocycles. The molecule has 0 N–H and O–H groups in total. The van der Waals surface area contributed by atoms with Crippen LogP contribution < -0.4 is 0 Å². The molecule has 0 aromatic heterocycles. The van der Waals surface area contributed by atoms with E-state index >= 15 is 0 Å². The summed E-state index contributed by atoms with van der Waals surface area (Å²) in [5.41, 5.74) is 4.46. The van der Waals surface area contributed by atoms with Crippen molar-refractivity contribution in [3.63, 3.8) is 0 Å². The van der Waals surface area contributed by atoms with Crippen LogP contribution in [0.4, 0.5) is 0 Å². The van der Waals surface area contributed by atoms with Gasteiger partial charge in [0.05, 0.1) is 0 Å². The van der Waals surface area contributed by atoms with Gasteiger partial charge in [0.15, 0.2) is 0 Å². The molecule has 0 spiro atoms. The van der Waals surface area contributed by atoms with Gasteiger partial charge in [-0.2, -0.15) is 11.8 Å². The van der Waals surface area contributed by atoms with Crippen molar-refractivity contribution in [3.8, 4) is 0 Å². The van der Waals surface area contributed by atoms with Crippen LogP contribution >= 0.6 is 11.8 Å². The van der Waals surface area contributed by atoms with Gasteiger partial charge in [-0.1, -0.05) is 30.3 Å². The van der Waals surface area contributed by atoms with Crippen LogP contribution in [-0.2, 0) is 0 Å². The van der Waals surface area contributed by atoms with Gasteiger partial charge in [-0.3, -0.25) is 0 Å². The molecule has 1 heterocycles. The van der Waals surface area contributed by atoms with Crippen LogP contribution in [0.2, 0.25) is 0 Å². The summed E-state index contributed by atoms with van der Waals surface area (Å²) in [7, 11) is 0. The SMILES string of the molecule is [CH]1SCC2C1=Cc1ccccc12. The Morgan fingerprint density at radius 1 is 1.25 bits per heavy atom. The van der Waals surface area contributed by atoms with Gasteiger partial charge >= 0.3 is 0 Å². The first-order chi connectivity index (χ1) is 5.95. The number of thioether (sulfide) groups is 1. The van der Waals surface area contributed by atoms with Crippen LogP contribution in [0.1, 0.15) is 17.0 Å². The molecule has 3 rings (SSSR count). The van der Waals surface area contributed by atoms with E-state index in [4.69, 9.17) is 0 Å². The fourth-order valence-electron chi connectivity index (χ4n) is 1.96. The van der Waals surface area contributed by atoms with Gasteiger partial charge in [0.1, 0.15) is 0 Å². The Kier molecular flexibility index (Phi) is 1.36. The minimum absolute atomic E-state index is 0.700. The Morgan fingerprint density at radius 2 is 2.17 bits per heavy atom. The van der Waals surface area contributed by atoms with E-state index in [0.29, 0.717) is 5.92 Å². The predicted octanol–water partition coefficient (Wildman–Crippen LogP) is 3.08. The standard InChI is InChI=1S/C11H9S/c1-2-4-10-8(3-1)5-9-6-12-7-11(9)10/h1-6,11H,7H2. The average molecular weight is 173 g/mol. The van der Waals surface area contributed by atoms with Crippen LogP contribution in [0.3, 0.4) is 0 Å². The second-order valence-corrected chi connectivity index (χ2v) is 4.18. The Bertz CT molecular complexity index is 352. The van der Waals surface area contributed by atoms with Gasteiger partial charge in [-0.25, -0.2) is 0 Å². The summed E-state index contributed by atoms with van der Waals surface area (Å²) in [5.74, 6) is 4.24. The second-order valence-electron chi connectivity index (χ2n) is 3.28. The molecule has 2 aliphatic rings. The number of fused-ring (bicyclic) bond motifs is 3. The molecular weight excluding hydrogens is 164 g/mol. The number of benzene rings is 1. The highest BCUT2D eigenvalue weighted by Gasteiger charge is 2.29. The Labute approximate surface area is 76.7 Å². The molecule has 1 aromatic carbocycles. The van der Waals surface area contributed by atoms with Gasteiger partial charge in [0.2, 0.25) is 0 Å². The molecule has 59 valence electrons. The molecule has 0 bridgehead atoms. The number of hydrogen-bond donors (Lipinski definition) is 0. The Hall–Kier alpha value is -0.690. The average Bonchev–Trinajstić information content (AvgIpc) is 2.62. The molecule has 0 amide bonds. The van der Waals surface area contributed by atoms with E-state index in [1.54, 1.807) is 0 Å². The molecule has 0 saturated carbocycles. The van der Waals surface area contributed by atoms with Crippen molar-refractivity contribution in [3.05, 3.63) is 46.7 Å². The molecule has 1 aliphatic heterocycles. The molecule has 1 heteroatoms. The lowest BCUT2D eigenvalue weighted by Crippen LogP contribution is -1.93. The number of hydrogen-bond acceptors (Lipinski definition) is 1. The number of rotatable bonds is 0. The molecule has 1 fully saturated rings. The third-order valence-corrected chi connectivity index (χ3v) is 3.54. The van der Waals surface area contributed by atoms with E-state index in [1.807, 2.05) is 11.8 Å². The molecule has 1 radical (unpaired) electrons. The fraction of sp³-hybridized carbons (Fsp3) is 0.182. The molecule has 0 nitrogen and oxygen atoms in total. The lowest BCUT2D eigenvalue weighted by atomic mass is 9.99. The van der Waals surface area contributed by atoms with E-state index in [9.17, 15) is 0 Å². The van der Waals surface area contributed by atoms with Crippen molar-refractivity contribution >= 4 is 17.8 Å². The molecule has 12 heavy (non-hydrogen) atoms. The first-order valence-corrected chi connectivity index (χ1v) is 5.25. The summed E-state index contributed by atoms with van der Waals surface area (Å²) in [6.45, 7) is 0. The van der Waals surface area contributed by atoms with E-state index in [-0.39, 0.29) is 0 Å². The lowest BCUT2D eigenvalue weighted by Gasteiger charge is -2.05. The van der Waals surface area contributed by atoms with E-state index in [1.165, 1.54) is 22.5 Å². The first-order valence-electron chi connectivity index (χ1n) is 4.20. The van der Waals surface area contributed by atoms with Crippen LogP contribution in [0.5, 0.6) is 0 Å². The third kappa shape index (κ3) is 0.802. The van der Waals surface area contributed by atoms with Crippen molar-refractivity contribution < 1.29 is 0 Å². The molecular formula is C11H9S. The van der Waals surface area contributed by atoms with Crippen LogP contribution in [0.25, 0.3) is 6.08 Å². The zero-order valence-corrected chi connectivity index (χ0v) is 7.47. The predicted molar refractivity (Wildman–Crippen MR) is 53.9 cm³/mol. The van der Waals surface area contributed by atoms with Crippen LogP contribution in [0, 0.1) is 5.75 Å². The Morgan fingerprint density at radius 3 is 3.17 bits per heavy atom. The van der Waals surface area contributed by atoms with Crippen molar-refractivity contribution in [2.45, 2.75) is 5.92 Å². The quantitative estimate of drug-likeness (QED) is 0.581. The van der Waals surface area contributed by atoms with Crippen molar-refractivity contribution in [1.29, 1.82) is 0 Å². The summed E-state index contributed by atoms with van der Waals surface area (Å²) in [4.78, 5) is 0. The topological polar surface area (TPSA) is 0 Å². The zero-order valence-electron chi connectivity index (χ0n) is 6.66. The maximum atomic E-state index is 2.32. The minimum atomic E-state index is 0.700. The zero-order chi connectivity index (χ0) is 7.97. The highest BCUT2D eigenvalue weighted by atomic mass is 32.2. The Balaban J connectivity index is 2.18. The summed E-state index contributed by atoms with van der Waals surface area (Å²) >= 11 is 1.94. The van der Waals surface area contributed by atoms with Crippen molar-refractivity contribution in [2.24, 2.45) is 0 Å². The van der Waals surface area contributed by atoms with Crippen LogP contribution in [0.15, 0.2) is 29.8 Å². The summed E-state index contributed by atoms with van der Waals surface area (Å²) in [6.07, 6.45) is 2.32. The fourth-order valence-corrected chi connectivity index (χ4v) is 3.05. The van der Waals surface area contributed by atoms with Gasteiger partial charge in [0, 0.05) is 17.4 Å². The summed E-state index contributed by atoms with van der Waals surface area (Å²) < 4.78 is 0. The summed E-state index contributed by atoms with van der Waals surface area (Å²) in [5, 5.41) is 0. The summed E-state index contributed by atoms with van der Waals surface area (Å²) in [6, 6.07) is 8.71. The van der Waals surface area contributed by atoms with Crippen LogP contribution in [-0.4, -0.2) is 5.75 Å². The lowest BCUT2D eigenvalue weighted by molar-refractivity contribution is 0.981. The van der Waals surface area contributed by atoms with Crippen molar-refractivity contribution in [2.75, 3.05) is 5.75 Å². The highest BCUT2D eigenvalue weighted by molar-refractivity contribution is 8.01. The molecule has 1 saturated heterocycles. The van der Waals surface area contributed by atoms with E-state index in [0.717, 1.165) is 0 Å². The maximum absolute atomic E-state index is 2.32. The van der Waals surface area contributed by atoms with Crippen molar-refractivity contribution in [1.82, 2.24) is 0 Å². The second kappa shape index (κ2) is 2.40. The normalized spacial score (nSPS) is 25.0. The molecule has 1 aromatic rings.